The van der Waals surface area contributed by atoms with Gasteiger partial charge >= 0.3 is 0 Å². The zero-order valence-corrected chi connectivity index (χ0v) is 16.9. The van der Waals surface area contributed by atoms with E-state index in [1.165, 1.54) is 54.0 Å². The minimum absolute atomic E-state index is 0.203. The van der Waals surface area contributed by atoms with E-state index in [0.717, 1.165) is 11.1 Å². The van der Waals surface area contributed by atoms with Crippen molar-refractivity contribution in [3.05, 3.63) is 113 Å². The molecule has 0 bridgehead atoms. The van der Waals surface area contributed by atoms with Crippen LogP contribution in [0.4, 0.5) is 8.78 Å². The number of benzene rings is 3. The van der Waals surface area contributed by atoms with E-state index in [1.54, 1.807) is 42.5 Å². The summed E-state index contributed by atoms with van der Waals surface area (Å²) in [5.41, 5.74) is 4.54. The Bertz CT molecular complexity index is 1140. The summed E-state index contributed by atoms with van der Waals surface area (Å²) < 4.78 is 26.5. The van der Waals surface area contributed by atoms with Crippen LogP contribution in [0.5, 0.6) is 0 Å². The third-order valence-electron chi connectivity index (χ3n) is 4.55. The van der Waals surface area contributed by atoms with Crippen LogP contribution in [0.25, 0.3) is 17.7 Å². The molecular weight excluding hydrogens is 414 g/mol. The molecular formula is C25H20F2N2O3. The molecule has 0 heterocycles. The first-order valence-electron chi connectivity index (χ1n) is 9.67. The molecule has 0 spiro atoms. The van der Waals surface area contributed by atoms with Crippen LogP contribution in [0.3, 0.4) is 0 Å². The Hall–Kier alpha value is -4.10. The van der Waals surface area contributed by atoms with Crippen molar-refractivity contribution in [1.29, 1.82) is 0 Å². The summed E-state index contributed by atoms with van der Waals surface area (Å²) in [5.74, 6) is -1.79. The van der Waals surface area contributed by atoms with E-state index < -0.39 is 11.7 Å². The Balaban J connectivity index is 1.83. The smallest absolute Gasteiger partial charge is 0.267 e. The first kappa shape index (κ1) is 22.6. The van der Waals surface area contributed by atoms with Gasteiger partial charge in [0.1, 0.15) is 11.6 Å². The molecule has 0 aliphatic heterocycles. The number of amides is 2. The summed E-state index contributed by atoms with van der Waals surface area (Å²) in [6.45, 7) is 0.203. The van der Waals surface area contributed by atoms with Crippen LogP contribution in [0, 0.1) is 11.6 Å². The van der Waals surface area contributed by atoms with E-state index in [2.05, 4.69) is 5.32 Å². The molecule has 5 nitrogen and oxygen atoms in total. The van der Waals surface area contributed by atoms with Gasteiger partial charge in [-0.25, -0.2) is 14.3 Å². The van der Waals surface area contributed by atoms with E-state index in [0.29, 0.717) is 16.7 Å². The van der Waals surface area contributed by atoms with Gasteiger partial charge in [0.25, 0.3) is 11.8 Å². The van der Waals surface area contributed by atoms with Gasteiger partial charge < -0.3 is 5.32 Å². The molecule has 0 saturated heterocycles. The maximum absolute atomic E-state index is 13.4. The van der Waals surface area contributed by atoms with Crippen LogP contribution in [0.1, 0.15) is 22.3 Å². The number of halogens is 2. The van der Waals surface area contributed by atoms with Crippen LogP contribution in [0.15, 0.2) is 78.9 Å². The quantitative estimate of drug-likeness (QED) is 0.224. The second-order valence-electron chi connectivity index (χ2n) is 6.85. The molecule has 0 aromatic heterocycles. The lowest BCUT2D eigenvalue weighted by Gasteiger charge is -2.10. The third kappa shape index (κ3) is 6.45. The lowest BCUT2D eigenvalue weighted by Crippen LogP contribution is -2.23. The van der Waals surface area contributed by atoms with E-state index in [9.17, 15) is 18.4 Å². The standard InChI is InChI=1S/C25H20F2N2O3/c26-21-10-5-19(6-11-21)16-28-25(31)23(20-8-12-22(27)13-9-20)15-18-3-1-17(2-4-18)7-14-24(30)29-32/h1-15,32H,16H2,(H,28,31)(H,29,30)/b14-7+,23-15-. The molecule has 0 unspecified atom stereocenters. The molecule has 0 atom stereocenters. The van der Waals surface area contributed by atoms with Gasteiger partial charge in [-0.2, -0.15) is 0 Å². The Labute approximate surface area is 183 Å². The van der Waals surface area contributed by atoms with Crippen molar-refractivity contribution in [3.8, 4) is 0 Å². The zero-order chi connectivity index (χ0) is 22.9. The van der Waals surface area contributed by atoms with Crippen molar-refractivity contribution in [2.45, 2.75) is 6.54 Å². The molecule has 0 fully saturated rings. The van der Waals surface area contributed by atoms with Gasteiger partial charge in [0.05, 0.1) is 0 Å². The summed E-state index contributed by atoms with van der Waals surface area (Å²) in [4.78, 5) is 24.0. The van der Waals surface area contributed by atoms with Gasteiger partial charge in [-0.3, -0.25) is 14.8 Å². The summed E-state index contributed by atoms with van der Waals surface area (Å²) in [5, 5.41) is 11.3. The molecule has 3 N–H and O–H groups in total. The average molecular weight is 434 g/mol. The highest BCUT2D eigenvalue weighted by atomic mass is 19.1. The Morgan fingerprint density at radius 3 is 1.97 bits per heavy atom. The van der Waals surface area contributed by atoms with Crippen molar-refractivity contribution in [1.82, 2.24) is 10.8 Å². The zero-order valence-electron chi connectivity index (χ0n) is 16.9. The van der Waals surface area contributed by atoms with E-state index in [4.69, 9.17) is 5.21 Å². The molecule has 7 heteroatoms. The van der Waals surface area contributed by atoms with E-state index in [1.807, 2.05) is 0 Å². The minimum Gasteiger partial charge on any atom is -0.348 e. The molecule has 3 rings (SSSR count). The largest absolute Gasteiger partial charge is 0.348 e. The van der Waals surface area contributed by atoms with E-state index >= 15 is 0 Å². The first-order valence-corrected chi connectivity index (χ1v) is 9.67. The van der Waals surface area contributed by atoms with Crippen LogP contribution in [0.2, 0.25) is 0 Å². The number of hydroxylamine groups is 1. The number of hydrogen-bond donors (Lipinski definition) is 3. The fourth-order valence-electron chi connectivity index (χ4n) is 2.87. The summed E-state index contributed by atoms with van der Waals surface area (Å²) in [6.07, 6.45) is 4.37. The van der Waals surface area contributed by atoms with Crippen molar-refractivity contribution in [3.63, 3.8) is 0 Å². The normalized spacial score (nSPS) is 11.4. The summed E-state index contributed by atoms with van der Waals surface area (Å²) >= 11 is 0. The first-order chi connectivity index (χ1) is 15.4. The van der Waals surface area contributed by atoms with Gasteiger partial charge in [0.2, 0.25) is 0 Å². The second kappa shape index (κ2) is 10.8. The molecule has 3 aromatic rings. The van der Waals surface area contributed by atoms with Crippen LogP contribution < -0.4 is 10.8 Å². The van der Waals surface area contributed by atoms with Crippen molar-refractivity contribution >= 4 is 29.5 Å². The Morgan fingerprint density at radius 1 is 0.812 bits per heavy atom. The molecule has 3 aromatic carbocycles. The van der Waals surface area contributed by atoms with Crippen LogP contribution in [-0.2, 0) is 16.1 Å². The van der Waals surface area contributed by atoms with Gasteiger partial charge in [-0.15, -0.1) is 0 Å². The predicted octanol–water partition coefficient (Wildman–Crippen LogP) is 4.34. The molecule has 0 saturated carbocycles. The second-order valence-corrected chi connectivity index (χ2v) is 6.85. The molecule has 162 valence electrons. The molecule has 32 heavy (non-hydrogen) atoms. The maximum atomic E-state index is 13.4. The fraction of sp³-hybridized carbons (Fsp3) is 0.0400. The minimum atomic E-state index is -0.648. The van der Waals surface area contributed by atoms with Crippen molar-refractivity contribution in [2.24, 2.45) is 0 Å². The summed E-state index contributed by atoms with van der Waals surface area (Å²) in [6, 6.07) is 18.4. The molecule has 2 amide bonds. The average Bonchev–Trinajstić information content (AvgIpc) is 2.82. The number of carbonyl (C=O) groups is 2. The highest BCUT2D eigenvalue weighted by Gasteiger charge is 2.12. The predicted molar refractivity (Wildman–Crippen MR) is 118 cm³/mol. The van der Waals surface area contributed by atoms with Gasteiger partial charge in [0, 0.05) is 18.2 Å². The maximum Gasteiger partial charge on any atom is 0.267 e. The van der Waals surface area contributed by atoms with Gasteiger partial charge in [0.15, 0.2) is 0 Å². The topological polar surface area (TPSA) is 78.4 Å². The number of carbonyl (C=O) groups excluding carboxylic acids is 2. The number of hydrogen-bond acceptors (Lipinski definition) is 3. The van der Waals surface area contributed by atoms with Crippen molar-refractivity contribution in [2.75, 3.05) is 0 Å². The Morgan fingerprint density at radius 2 is 1.38 bits per heavy atom. The fourth-order valence-corrected chi connectivity index (χ4v) is 2.87. The summed E-state index contributed by atoms with van der Waals surface area (Å²) in [7, 11) is 0. The molecule has 0 aliphatic carbocycles. The Kier molecular flexibility index (Phi) is 7.61. The van der Waals surface area contributed by atoms with Crippen LogP contribution >= 0.6 is 0 Å². The van der Waals surface area contributed by atoms with Crippen molar-refractivity contribution < 1.29 is 23.6 Å². The monoisotopic (exact) mass is 434 g/mol. The van der Waals surface area contributed by atoms with Gasteiger partial charge in [-0.1, -0.05) is 48.5 Å². The highest BCUT2D eigenvalue weighted by molar-refractivity contribution is 6.24. The lowest BCUT2D eigenvalue weighted by atomic mass is 10.0. The third-order valence-corrected chi connectivity index (χ3v) is 4.55. The van der Waals surface area contributed by atoms with Crippen LogP contribution in [-0.4, -0.2) is 17.0 Å². The SMILES string of the molecule is O=C(/C=C/c1ccc(/C=C(\C(=O)NCc2ccc(F)cc2)c2ccc(F)cc2)cc1)NO. The highest BCUT2D eigenvalue weighted by Crippen LogP contribution is 2.20. The number of nitrogens with one attached hydrogen (secondary N) is 2. The lowest BCUT2D eigenvalue weighted by molar-refractivity contribution is -0.124. The van der Waals surface area contributed by atoms with Gasteiger partial charge in [-0.05, 0) is 58.7 Å². The molecule has 0 radical (unpaired) electrons. The number of rotatable bonds is 7. The van der Waals surface area contributed by atoms with E-state index in [-0.39, 0.29) is 18.3 Å². The molecule has 0 aliphatic rings.